The van der Waals surface area contributed by atoms with E-state index in [-0.39, 0.29) is 25.7 Å². The molecular weight excluding hydrogens is 723 g/mol. The first-order chi connectivity index (χ1) is 22.4. The first kappa shape index (κ1) is 24.1. The van der Waals surface area contributed by atoms with E-state index in [2.05, 4.69) is 55.6 Å². The van der Waals surface area contributed by atoms with Gasteiger partial charge in [-0.3, -0.25) is 15.0 Å². The molecule has 0 atom stereocenters. The first-order valence-electron chi connectivity index (χ1n) is 15.1. The van der Waals surface area contributed by atoms with Gasteiger partial charge in [0.05, 0.1) is 29.1 Å². The van der Waals surface area contributed by atoms with Gasteiger partial charge < -0.3 is 8.82 Å². The number of aryl methyl sites for hydroxylation is 1. The fraction of sp³-hybridized carbons (Fsp3) is 0.0270. The van der Waals surface area contributed by atoms with E-state index in [4.69, 9.17) is 20.1 Å². The average molecular weight is 747 g/mol. The van der Waals surface area contributed by atoms with Crippen molar-refractivity contribution in [2.75, 3.05) is 0 Å². The molecule has 1 radical (unpaired) electrons. The molecular formula is C37H21IrN5O-2. The summed E-state index contributed by atoms with van der Waals surface area (Å²) < 4.78 is 29.9. The van der Waals surface area contributed by atoms with Crippen LogP contribution in [-0.2, 0) is 20.1 Å². The second-order valence-electron chi connectivity index (χ2n) is 10.0. The van der Waals surface area contributed by atoms with E-state index in [1.54, 1.807) is 6.07 Å². The van der Waals surface area contributed by atoms with E-state index in [1.807, 2.05) is 66.7 Å². The van der Waals surface area contributed by atoms with E-state index in [0.717, 1.165) is 65.9 Å². The van der Waals surface area contributed by atoms with Crippen molar-refractivity contribution < 1.29 is 28.6 Å². The van der Waals surface area contributed by atoms with Gasteiger partial charge in [0.1, 0.15) is 11.2 Å². The SMILES string of the molecule is [2H]C([2H])([2H])c1cnc(-c2[c-]cccc2)nc1.[C-]#[N+]c1cccc2oc3cc4c5ccc[c-]c5c5nc6ccccc6n5c4cc3c12.[Ir]. The van der Waals surface area contributed by atoms with Crippen LogP contribution < -0.4 is 0 Å². The zero-order chi connectivity index (χ0) is 31.4. The predicted molar refractivity (Wildman–Crippen MR) is 171 cm³/mol. The minimum absolute atomic E-state index is 0. The third-order valence-electron chi connectivity index (χ3n) is 7.49. The van der Waals surface area contributed by atoms with Gasteiger partial charge in [0.2, 0.25) is 0 Å². The molecule has 6 nitrogen and oxygen atoms in total. The molecule has 0 saturated carbocycles. The normalized spacial score (nSPS) is 12.4. The number of hydrogen-bond acceptors (Lipinski definition) is 4. The van der Waals surface area contributed by atoms with Gasteiger partial charge in [0.25, 0.3) is 0 Å². The number of hydrogen-bond donors (Lipinski definition) is 0. The number of pyridine rings is 1. The van der Waals surface area contributed by atoms with Crippen molar-refractivity contribution in [3.8, 4) is 11.4 Å². The smallest absolute Gasteiger partial charge is 0.198 e. The first-order valence-corrected chi connectivity index (χ1v) is 13.6. The molecule has 9 aromatic rings. The van der Waals surface area contributed by atoms with Crippen LogP contribution in [0.5, 0.6) is 0 Å². The Labute approximate surface area is 270 Å². The molecule has 4 aromatic heterocycles. The molecule has 4 heterocycles. The molecule has 0 fully saturated rings. The van der Waals surface area contributed by atoms with Crippen LogP contribution in [0, 0.1) is 25.6 Å². The standard InChI is InChI=1S/C26H12N3O.C11H9N2.Ir/c1-27-20-10-6-12-23-25(20)18-13-22-17(14-24(18)30-23)15-7-2-3-8-16(15)26-28-19-9-4-5-11-21(19)29(22)26;1-9-7-12-11(13-8-9)10-5-3-2-4-6-10;/h2-7,9-14H;2-5,7-8H,1H3;/q2*-1;/i;1D3;. The van der Waals surface area contributed by atoms with Crippen molar-refractivity contribution in [1.29, 1.82) is 0 Å². The largest absolute Gasteiger partial charge is 0.457 e. The molecule has 0 aliphatic carbocycles. The van der Waals surface area contributed by atoms with E-state index >= 15 is 0 Å². The maximum Gasteiger partial charge on any atom is 0.198 e. The average Bonchev–Trinajstić information content (AvgIpc) is 3.67. The number of rotatable bonds is 1. The van der Waals surface area contributed by atoms with Crippen molar-refractivity contribution in [2.45, 2.75) is 6.85 Å². The fourth-order valence-electron chi connectivity index (χ4n) is 5.62. The summed E-state index contributed by atoms with van der Waals surface area (Å²) in [5, 5.41) is 4.96. The molecule has 0 spiro atoms. The molecule has 0 saturated heterocycles. The maximum atomic E-state index is 7.59. The van der Waals surface area contributed by atoms with Crippen molar-refractivity contribution in [3.63, 3.8) is 0 Å². The summed E-state index contributed by atoms with van der Waals surface area (Å²) in [6.45, 7) is 5.44. The van der Waals surface area contributed by atoms with Gasteiger partial charge in [-0.25, -0.2) is 4.85 Å². The van der Waals surface area contributed by atoms with Crippen LogP contribution in [0.1, 0.15) is 9.68 Å². The van der Waals surface area contributed by atoms with Gasteiger partial charge in [-0.1, -0.05) is 29.7 Å². The molecule has 9 rings (SSSR count). The van der Waals surface area contributed by atoms with E-state index < -0.39 is 6.85 Å². The Morgan fingerprint density at radius 2 is 1.66 bits per heavy atom. The van der Waals surface area contributed by atoms with Crippen molar-refractivity contribution >= 4 is 66.0 Å². The van der Waals surface area contributed by atoms with Crippen LogP contribution in [0.25, 0.3) is 76.5 Å². The zero-order valence-corrected chi connectivity index (χ0v) is 25.3. The summed E-state index contributed by atoms with van der Waals surface area (Å²) in [4.78, 5) is 16.7. The number of benzene rings is 5. The summed E-state index contributed by atoms with van der Waals surface area (Å²) in [7, 11) is 0. The monoisotopic (exact) mass is 747 g/mol. The molecule has 7 heteroatoms. The second kappa shape index (κ2) is 11.0. The molecule has 5 aromatic carbocycles. The van der Waals surface area contributed by atoms with Crippen LogP contribution in [0.3, 0.4) is 0 Å². The zero-order valence-electron chi connectivity index (χ0n) is 25.9. The Morgan fingerprint density at radius 3 is 2.48 bits per heavy atom. The van der Waals surface area contributed by atoms with Gasteiger partial charge in [-0.05, 0) is 48.1 Å². The van der Waals surface area contributed by atoms with Crippen LogP contribution in [0.4, 0.5) is 5.69 Å². The van der Waals surface area contributed by atoms with E-state index in [1.165, 1.54) is 12.4 Å². The Kier molecular flexibility index (Phi) is 6.03. The van der Waals surface area contributed by atoms with Crippen molar-refractivity contribution in [1.82, 2.24) is 19.4 Å². The summed E-state index contributed by atoms with van der Waals surface area (Å²) in [6, 6.07) is 37.7. The number of nitrogens with zero attached hydrogens (tertiary/aromatic N) is 5. The molecule has 0 aliphatic rings. The molecule has 211 valence electrons. The summed E-state index contributed by atoms with van der Waals surface area (Å²) in [6.07, 6.45) is 2.66. The molecule has 0 bridgehead atoms. The molecule has 44 heavy (non-hydrogen) atoms. The minimum Gasteiger partial charge on any atom is -0.457 e. The summed E-state index contributed by atoms with van der Waals surface area (Å²) in [5.74, 6) is 0.480. The number of furan rings is 1. The summed E-state index contributed by atoms with van der Waals surface area (Å²) >= 11 is 0. The van der Waals surface area contributed by atoms with Crippen molar-refractivity contribution in [2.24, 2.45) is 0 Å². The van der Waals surface area contributed by atoms with Gasteiger partial charge in [0, 0.05) is 52.9 Å². The maximum absolute atomic E-state index is 7.59. The molecule has 0 aliphatic heterocycles. The second-order valence-corrected chi connectivity index (χ2v) is 10.0. The number of para-hydroxylation sites is 2. The Hall–Kier alpha value is -5.41. The van der Waals surface area contributed by atoms with E-state index in [0.29, 0.717) is 11.5 Å². The van der Waals surface area contributed by atoms with Gasteiger partial charge in [-0.15, -0.1) is 65.5 Å². The minimum atomic E-state index is -2.15. The van der Waals surface area contributed by atoms with Gasteiger partial charge >= 0.3 is 0 Å². The van der Waals surface area contributed by atoms with Gasteiger partial charge in [-0.2, -0.15) is 0 Å². The Bertz CT molecular complexity index is 2640. The summed E-state index contributed by atoms with van der Waals surface area (Å²) in [5.41, 5.74) is 6.94. The quantitative estimate of drug-likeness (QED) is 0.124. The third kappa shape index (κ3) is 4.40. The fourth-order valence-corrected chi connectivity index (χ4v) is 5.62. The number of aromatic nitrogens is 4. The number of fused-ring (bicyclic) bond motifs is 11. The number of imidazole rings is 1. The predicted octanol–water partition coefficient (Wildman–Crippen LogP) is 9.29. The molecule has 0 N–H and O–H groups in total. The Morgan fingerprint density at radius 1 is 0.818 bits per heavy atom. The van der Waals surface area contributed by atoms with Crippen molar-refractivity contribution in [3.05, 3.63) is 139 Å². The third-order valence-corrected chi connectivity index (χ3v) is 7.49. The van der Waals surface area contributed by atoms with Gasteiger partial charge in [0.15, 0.2) is 5.69 Å². The van der Waals surface area contributed by atoms with Crippen LogP contribution >= 0.6 is 0 Å². The van der Waals surface area contributed by atoms with Crippen LogP contribution in [-0.4, -0.2) is 19.4 Å². The molecule has 0 amide bonds. The van der Waals surface area contributed by atoms with Crippen LogP contribution in [0.2, 0.25) is 0 Å². The van der Waals surface area contributed by atoms with E-state index in [9.17, 15) is 0 Å². The van der Waals surface area contributed by atoms with Crippen LogP contribution in [0.15, 0.2) is 114 Å². The Balaban J connectivity index is 0.000000177. The molecule has 0 unspecified atom stereocenters. The topological polar surface area (TPSA) is 60.6 Å².